The monoisotopic (exact) mass is 286 g/mol. The summed E-state index contributed by atoms with van der Waals surface area (Å²) < 4.78 is 4.81. The molecule has 7 heteroatoms. The maximum absolute atomic E-state index is 11.8. The normalized spacial score (nSPS) is 10.4. The minimum atomic E-state index is -0.470. The van der Waals surface area contributed by atoms with Gasteiger partial charge < -0.3 is 14.9 Å². The Morgan fingerprint density at radius 1 is 1.39 bits per heavy atom. The number of carbonyl (C=O) groups excluding carboxylic acids is 1. The molecule has 18 heavy (non-hydrogen) atoms. The highest BCUT2D eigenvalue weighted by Crippen LogP contribution is 2.34. The molecule has 0 saturated carbocycles. The van der Waals surface area contributed by atoms with Gasteiger partial charge in [-0.2, -0.15) is 0 Å². The third kappa shape index (κ3) is 2.42. The number of nitrogens with zero attached hydrogens (tertiary/aromatic N) is 1. The lowest BCUT2D eigenvalue weighted by Gasteiger charge is -2.06. The quantitative estimate of drug-likeness (QED) is 0.831. The van der Waals surface area contributed by atoms with E-state index in [1.54, 1.807) is 6.92 Å². The molecule has 0 bridgehead atoms. The molecule has 1 amide bonds. The summed E-state index contributed by atoms with van der Waals surface area (Å²) in [7, 11) is 0. The number of phenols is 1. The van der Waals surface area contributed by atoms with Crippen LogP contribution in [0.3, 0.4) is 0 Å². The minimum Gasteiger partial charge on any atom is -0.505 e. The molecule has 94 valence electrons. The highest BCUT2D eigenvalue weighted by molar-refractivity contribution is 6.37. The summed E-state index contributed by atoms with van der Waals surface area (Å²) in [5.41, 5.74) is 0.965. The van der Waals surface area contributed by atoms with E-state index < -0.39 is 5.91 Å². The average Bonchev–Trinajstić information content (AvgIpc) is 2.72. The second-order valence-electron chi connectivity index (χ2n) is 3.58. The number of nitrogens with one attached hydrogen (secondary N) is 1. The lowest BCUT2D eigenvalue weighted by molar-refractivity contribution is 0.0987. The first kappa shape index (κ1) is 12.7. The molecule has 0 atom stereocenters. The van der Waals surface area contributed by atoms with Crippen LogP contribution in [0, 0.1) is 6.92 Å². The van der Waals surface area contributed by atoms with Crippen LogP contribution in [0.15, 0.2) is 22.9 Å². The summed E-state index contributed by atoms with van der Waals surface area (Å²) in [4.78, 5) is 11.8. The van der Waals surface area contributed by atoms with Gasteiger partial charge in [0.2, 0.25) is 5.76 Å². The topological polar surface area (TPSA) is 75.4 Å². The lowest BCUT2D eigenvalue weighted by Crippen LogP contribution is -2.12. The highest BCUT2D eigenvalue weighted by Gasteiger charge is 2.15. The molecule has 0 saturated heterocycles. The third-order valence-electron chi connectivity index (χ3n) is 2.23. The molecule has 2 N–H and O–H groups in total. The van der Waals surface area contributed by atoms with Gasteiger partial charge in [-0.25, -0.2) is 0 Å². The van der Waals surface area contributed by atoms with Crippen LogP contribution in [-0.4, -0.2) is 16.2 Å². The van der Waals surface area contributed by atoms with E-state index in [0.717, 1.165) is 0 Å². The lowest BCUT2D eigenvalue weighted by atomic mass is 10.2. The number of aromatic hydroxyl groups is 1. The molecule has 2 rings (SSSR count). The Bertz CT molecular complexity index is 587. The molecule has 1 aromatic heterocycles. The first-order valence-corrected chi connectivity index (χ1v) is 5.65. The SMILES string of the molecule is Cc1cnoc1C(=O)Nc1cc(Cl)c(O)c(Cl)c1. The Hall–Kier alpha value is -1.72. The number of phenolic OH excluding ortho intramolecular Hbond substituents is 1. The maximum Gasteiger partial charge on any atom is 0.294 e. The molecular weight excluding hydrogens is 279 g/mol. The van der Waals surface area contributed by atoms with Crippen molar-refractivity contribution in [2.24, 2.45) is 0 Å². The molecule has 1 aromatic carbocycles. The average molecular weight is 287 g/mol. The molecule has 0 aliphatic rings. The summed E-state index contributed by atoms with van der Waals surface area (Å²) in [5, 5.41) is 15.5. The zero-order valence-electron chi connectivity index (χ0n) is 9.20. The molecule has 5 nitrogen and oxygen atoms in total. The molecule has 0 fully saturated rings. The molecular formula is C11H8Cl2N2O3. The van der Waals surface area contributed by atoms with Crippen molar-refractivity contribution in [3.8, 4) is 5.75 Å². The van der Waals surface area contributed by atoms with Crippen LogP contribution in [0.25, 0.3) is 0 Å². The summed E-state index contributed by atoms with van der Waals surface area (Å²) in [6, 6.07) is 2.76. The minimum absolute atomic E-state index is 0.0482. The zero-order valence-corrected chi connectivity index (χ0v) is 10.7. The Kier molecular flexibility index (Phi) is 3.45. The van der Waals surface area contributed by atoms with Gasteiger partial charge in [0.15, 0.2) is 5.75 Å². The molecule has 0 aliphatic heterocycles. The van der Waals surface area contributed by atoms with Crippen LogP contribution >= 0.6 is 23.2 Å². The number of hydrogen-bond donors (Lipinski definition) is 2. The van der Waals surface area contributed by atoms with Crippen molar-refractivity contribution in [3.05, 3.63) is 39.7 Å². The molecule has 1 heterocycles. The number of carbonyl (C=O) groups is 1. The summed E-state index contributed by atoms with van der Waals surface area (Å²) in [6.07, 6.45) is 1.44. The summed E-state index contributed by atoms with van der Waals surface area (Å²) in [5.74, 6) is -0.592. The van der Waals surface area contributed by atoms with E-state index in [-0.39, 0.29) is 21.6 Å². The van der Waals surface area contributed by atoms with Crippen LogP contribution in [0.4, 0.5) is 5.69 Å². The van der Waals surface area contributed by atoms with Gasteiger partial charge in [0.05, 0.1) is 16.2 Å². The largest absolute Gasteiger partial charge is 0.505 e. The van der Waals surface area contributed by atoms with Gasteiger partial charge in [-0.3, -0.25) is 4.79 Å². The van der Waals surface area contributed by atoms with Crippen LogP contribution in [0.5, 0.6) is 5.75 Å². The molecule has 0 spiro atoms. The first-order chi connectivity index (χ1) is 8.49. The fourth-order valence-electron chi connectivity index (χ4n) is 1.33. The fourth-order valence-corrected chi connectivity index (χ4v) is 1.82. The Morgan fingerprint density at radius 2 is 2.00 bits per heavy atom. The van der Waals surface area contributed by atoms with Crippen molar-refractivity contribution in [2.45, 2.75) is 6.92 Å². The van der Waals surface area contributed by atoms with Gasteiger partial charge in [0, 0.05) is 11.3 Å². The van der Waals surface area contributed by atoms with Gasteiger partial charge in [-0.05, 0) is 19.1 Å². The standard InChI is InChI=1S/C11H8Cl2N2O3/c1-5-4-14-18-10(5)11(17)15-6-2-7(12)9(16)8(13)3-6/h2-4,16H,1H3,(H,15,17). The van der Waals surface area contributed by atoms with Crippen molar-refractivity contribution in [1.29, 1.82) is 0 Å². The van der Waals surface area contributed by atoms with Gasteiger partial charge in [-0.15, -0.1) is 0 Å². The van der Waals surface area contributed by atoms with Gasteiger partial charge in [0.25, 0.3) is 5.91 Å². The van der Waals surface area contributed by atoms with Crippen molar-refractivity contribution in [3.63, 3.8) is 0 Å². The number of rotatable bonds is 2. The first-order valence-electron chi connectivity index (χ1n) is 4.89. The highest BCUT2D eigenvalue weighted by atomic mass is 35.5. The van der Waals surface area contributed by atoms with Crippen molar-refractivity contribution in [2.75, 3.05) is 5.32 Å². The van der Waals surface area contributed by atoms with Crippen molar-refractivity contribution >= 4 is 34.8 Å². The Labute approximate surface area is 112 Å². The number of halogens is 2. The van der Waals surface area contributed by atoms with Crippen molar-refractivity contribution in [1.82, 2.24) is 5.16 Å². The van der Waals surface area contributed by atoms with Crippen LogP contribution in [0.1, 0.15) is 16.1 Å². The zero-order chi connectivity index (χ0) is 13.3. The number of amides is 1. The van der Waals surface area contributed by atoms with Crippen molar-refractivity contribution < 1.29 is 14.4 Å². The molecule has 2 aromatic rings. The smallest absolute Gasteiger partial charge is 0.294 e. The van der Waals surface area contributed by atoms with E-state index in [0.29, 0.717) is 11.3 Å². The van der Waals surface area contributed by atoms with E-state index in [4.69, 9.17) is 27.7 Å². The summed E-state index contributed by atoms with van der Waals surface area (Å²) >= 11 is 11.5. The van der Waals surface area contributed by atoms with E-state index in [1.807, 2.05) is 0 Å². The van der Waals surface area contributed by atoms with Crippen LogP contribution in [0.2, 0.25) is 10.0 Å². The third-order valence-corrected chi connectivity index (χ3v) is 2.81. The van der Waals surface area contributed by atoms with Gasteiger partial charge in [0.1, 0.15) is 0 Å². The predicted octanol–water partition coefficient (Wildman–Crippen LogP) is 3.25. The second-order valence-corrected chi connectivity index (χ2v) is 4.39. The Balaban J connectivity index is 2.25. The molecule has 0 radical (unpaired) electrons. The summed E-state index contributed by atoms with van der Waals surface area (Å²) in [6.45, 7) is 1.70. The predicted molar refractivity (Wildman–Crippen MR) is 67.3 cm³/mol. The van der Waals surface area contributed by atoms with Crippen LogP contribution < -0.4 is 5.32 Å². The van der Waals surface area contributed by atoms with Gasteiger partial charge in [-0.1, -0.05) is 28.4 Å². The Morgan fingerprint density at radius 3 is 2.50 bits per heavy atom. The number of anilines is 1. The number of benzene rings is 1. The maximum atomic E-state index is 11.8. The molecule has 0 unspecified atom stereocenters. The van der Waals surface area contributed by atoms with E-state index in [1.165, 1.54) is 18.3 Å². The van der Waals surface area contributed by atoms with Crippen LogP contribution in [-0.2, 0) is 0 Å². The molecule has 0 aliphatic carbocycles. The van der Waals surface area contributed by atoms with E-state index >= 15 is 0 Å². The number of aromatic nitrogens is 1. The fraction of sp³-hybridized carbons (Fsp3) is 0.0909. The number of hydrogen-bond acceptors (Lipinski definition) is 4. The van der Waals surface area contributed by atoms with E-state index in [9.17, 15) is 9.90 Å². The number of aryl methyl sites for hydroxylation is 1. The van der Waals surface area contributed by atoms with Gasteiger partial charge >= 0.3 is 0 Å². The second kappa shape index (κ2) is 4.88. The van der Waals surface area contributed by atoms with E-state index in [2.05, 4.69) is 10.5 Å².